The van der Waals surface area contributed by atoms with Crippen LogP contribution in [-0.4, -0.2) is 63.6 Å². The first-order valence-electron chi connectivity index (χ1n) is 9.61. The molecular weight excluding hydrogens is 412 g/mol. The Morgan fingerprint density at radius 1 is 1.22 bits per heavy atom. The highest BCUT2D eigenvalue weighted by Gasteiger charge is 2.37. The van der Waals surface area contributed by atoms with E-state index >= 15 is 0 Å². The first kappa shape index (κ1) is 20.1. The fourth-order valence-corrected chi connectivity index (χ4v) is 4.77. The van der Waals surface area contributed by atoms with E-state index in [-0.39, 0.29) is 29.7 Å². The molecule has 0 bridgehead atoms. The van der Waals surface area contributed by atoms with E-state index < -0.39 is 5.97 Å². The highest BCUT2D eigenvalue weighted by atomic mass is 79.9. The van der Waals surface area contributed by atoms with Crippen molar-refractivity contribution in [2.24, 2.45) is 5.92 Å². The summed E-state index contributed by atoms with van der Waals surface area (Å²) in [6.45, 7) is 4.17. The molecule has 0 unspecified atom stereocenters. The van der Waals surface area contributed by atoms with Crippen molar-refractivity contribution in [1.29, 1.82) is 0 Å². The lowest BCUT2D eigenvalue weighted by atomic mass is 9.97. The number of halogens is 1. The van der Waals surface area contributed by atoms with Crippen LogP contribution in [0.3, 0.4) is 0 Å². The highest BCUT2D eigenvalue weighted by Crippen LogP contribution is 2.28. The van der Waals surface area contributed by atoms with Gasteiger partial charge in [0.15, 0.2) is 0 Å². The van der Waals surface area contributed by atoms with Gasteiger partial charge in [-0.25, -0.2) is 0 Å². The third-order valence-corrected chi connectivity index (χ3v) is 6.44. The average Bonchev–Trinajstić information content (AvgIpc) is 3.14. The molecule has 1 amide bonds. The number of amides is 1. The first-order chi connectivity index (χ1) is 12.9. The second kappa shape index (κ2) is 8.61. The molecule has 0 aliphatic carbocycles. The summed E-state index contributed by atoms with van der Waals surface area (Å²) in [6.07, 6.45) is 3.98. The number of phenolic OH excluding ortho intramolecular Hbond substituents is 1. The second-order valence-corrected chi connectivity index (χ2v) is 8.54. The highest BCUT2D eigenvalue weighted by molar-refractivity contribution is 9.10. The fourth-order valence-electron chi connectivity index (χ4n) is 4.34. The van der Waals surface area contributed by atoms with E-state index in [0.717, 1.165) is 37.8 Å². The number of carboxylic acids is 1. The zero-order chi connectivity index (χ0) is 19.6. The Morgan fingerprint density at radius 3 is 2.56 bits per heavy atom. The van der Waals surface area contributed by atoms with Crippen LogP contribution in [0.15, 0.2) is 22.7 Å². The number of phenols is 1. The van der Waals surface area contributed by atoms with Gasteiger partial charge in [-0.1, -0.05) is 13.0 Å². The largest absolute Gasteiger partial charge is 0.507 e. The summed E-state index contributed by atoms with van der Waals surface area (Å²) >= 11 is 3.31. The van der Waals surface area contributed by atoms with E-state index in [1.807, 2.05) is 24.0 Å². The molecular formula is C20H27BrN2O4. The van der Waals surface area contributed by atoms with Gasteiger partial charge in [-0.15, -0.1) is 0 Å². The molecule has 2 saturated heterocycles. The topological polar surface area (TPSA) is 81.1 Å². The van der Waals surface area contributed by atoms with Crippen molar-refractivity contribution in [3.63, 3.8) is 0 Å². The van der Waals surface area contributed by atoms with Crippen LogP contribution in [0.4, 0.5) is 0 Å². The molecule has 0 aromatic heterocycles. The number of rotatable bonds is 5. The van der Waals surface area contributed by atoms with E-state index in [1.165, 1.54) is 0 Å². The van der Waals surface area contributed by atoms with Crippen LogP contribution in [0, 0.1) is 5.92 Å². The van der Waals surface area contributed by atoms with Gasteiger partial charge in [0.2, 0.25) is 5.91 Å². The standard InChI is InChI=1S/C20H27BrN2O4/c1-13(11-14-4-5-18(24)16(21)12-14)19(25)22-9-6-15(7-10-22)23-8-2-3-17(23)20(26)27/h4-5,12-13,15,17,24H,2-3,6-11H2,1H3,(H,26,27)/t13-,17-/m1/s1. The minimum atomic E-state index is -0.723. The first-order valence-corrected chi connectivity index (χ1v) is 10.4. The Morgan fingerprint density at radius 2 is 1.93 bits per heavy atom. The molecule has 0 radical (unpaired) electrons. The quantitative estimate of drug-likeness (QED) is 0.738. The Labute approximate surface area is 168 Å². The van der Waals surface area contributed by atoms with Crippen LogP contribution in [0.25, 0.3) is 0 Å². The summed E-state index contributed by atoms with van der Waals surface area (Å²) in [6, 6.07) is 5.24. The smallest absolute Gasteiger partial charge is 0.320 e. The van der Waals surface area contributed by atoms with Crippen LogP contribution in [-0.2, 0) is 16.0 Å². The molecule has 2 fully saturated rings. The van der Waals surface area contributed by atoms with Gasteiger partial charge in [0.05, 0.1) is 4.47 Å². The third kappa shape index (κ3) is 4.63. The molecule has 6 nitrogen and oxygen atoms in total. The SMILES string of the molecule is C[C@H](Cc1ccc(O)c(Br)c1)C(=O)N1CCC(N2CCC[C@@H]2C(=O)O)CC1. The molecule has 7 heteroatoms. The Hall–Kier alpha value is -1.60. The van der Waals surface area contributed by atoms with Gasteiger partial charge in [-0.3, -0.25) is 14.5 Å². The number of nitrogens with zero attached hydrogens (tertiary/aromatic N) is 2. The van der Waals surface area contributed by atoms with Crippen molar-refractivity contribution < 1.29 is 19.8 Å². The van der Waals surface area contributed by atoms with E-state index in [9.17, 15) is 19.8 Å². The molecule has 2 aliphatic rings. The molecule has 1 aromatic carbocycles. The summed E-state index contributed by atoms with van der Waals surface area (Å²) in [5.74, 6) is -0.508. The molecule has 2 atom stereocenters. The Kier molecular flexibility index (Phi) is 6.42. The van der Waals surface area contributed by atoms with Crippen molar-refractivity contribution in [3.8, 4) is 5.75 Å². The molecule has 2 N–H and O–H groups in total. The minimum Gasteiger partial charge on any atom is -0.507 e. The number of carbonyl (C=O) groups is 2. The van der Waals surface area contributed by atoms with Crippen molar-refractivity contribution in [2.75, 3.05) is 19.6 Å². The molecule has 2 aliphatic heterocycles. The maximum atomic E-state index is 12.8. The zero-order valence-electron chi connectivity index (χ0n) is 15.6. The summed E-state index contributed by atoms with van der Waals surface area (Å²) in [5.41, 5.74) is 1.01. The number of piperidine rings is 1. The van der Waals surface area contributed by atoms with E-state index in [4.69, 9.17) is 0 Å². The van der Waals surface area contributed by atoms with Crippen LogP contribution < -0.4 is 0 Å². The van der Waals surface area contributed by atoms with Crippen molar-refractivity contribution in [3.05, 3.63) is 28.2 Å². The van der Waals surface area contributed by atoms with Crippen molar-refractivity contribution >= 4 is 27.8 Å². The number of hydrogen-bond acceptors (Lipinski definition) is 4. The summed E-state index contributed by atoms with van der Waals surface area (Å²) < 4.78 is 0.638. The summed E-state index contributed by atoms with van der Waals surface area (Å²) in [4.78, 5) is 28.3. The number of benzene rings is 1. The number of carboxylic acid groups (broad SMARTS) is 1. The van der Waals surface area contributed by atoms with Gasteiger partial charge in [0, 0.05) is 25.0 Å². The molecule has 2 heterocycles. The summed E-state index contributed by atoms with van der Waals surface area (Å²) in [7, 11) is 0. The lowest BCUT2D eigenvalue weighted by Crippen LogP contribution is -2.50. The number of likely N-dealkylation sites (tertiary alicyclic amines) is 2. The van der Waals surface area contributed by atoms with E-state index in [0.29, 0.717) is 24.0 Å². The number of carbonyl (C=O) groups excluding carboxylic acids is 1. The van der Waals surface area contributed by atoms with Gasteiger partial charge in [0.1, 0.15) is 11.8 Å². The van der Waals surface area contributed by atoms with Crippen LogP contribution >= 0.6 is 15.9 Å². The lowest BCUT2D eigenvalue weighted by Gasteiger charge is -2.39. The minimum absolute atomic E-state index is 0.128. The maximum Gasteiger partial charge on any atom is 0.320 e. The van der Waals surface area contributed by atoms with E-state index in [2.05, 4.69) is 20.8 Å². The Balaban J connectivity index is 1.53. The number of aromatic hydroxyl groups is 1. The Bertz CT molecular complexity index is 703. The molecule has 148 valence electrons. The van der Waals surface area contributed by atoms with Gasteiger partial charge < -0.3 is 15.1 Å². The molecule has 0 spiro atoms. The fraction of sp³-hybridized carbons (Fsp3) is 0.600. The average molecular weight is 439 g/mol. The monoisotopic (exact) mass is 438 g/mol. The number of aliphatic carboxylic acids is 1. The van der Waals surface area contributed by atoms with Crippen molar-refractivity contribution in [1.82, 2.24) is 9.80 Å². The van der Waals surface area contributed by atoms with E-state index in [1.54, 1.807) is 6.07 Å². The van der Waals surface area contributed by atoms with Crippen LogP contribution in [0.1, 0.15) is 38.2 Å². The van der Waals surface area contributed by atoms with Crippen LogP contribution in [0.2, 0.25) is 0 Å². The van der Waals surface area contributed by atoms with Gasteiger partial charge in [-0.05, 0) is 72.3 Å². The molecule has 27 heavy (non-hydrogen) atoms. The second-order valence-electron chi connectivity index (χ2n) is 7.68. The summed E-state index contributed by atoms with van der Waals surface area (Å²) in [5, 5.41) is 19.0. The third-order valence-electron chi connectivity index (χ3n) is 5.80. The predicted octanol–water partition coefficient (Wildman–Crippen LogP) is 2.87. The normalized spacial score (nSPS) is 22.7. The number of hydrogen-bond donors (Lipinski definition) is 2. The van der Waals surface area contributed by atoms with Crippen molar-refractivity contribution in [2.45, 2.75) is 51.1 Å². The van der Waals surface area contributed by atoms with Gasteiger partial charge >= 0.3 is 5.97 Å². The molecule has 0 saturated carbocycles. The maximum absolute atomic E-state index is 12.8. The molecule has 3 rings (SSSR count). The zero-order valence-corrected chi connectivity index (χ0v) is 17.2. The lowest BCUT2D eigenvalue weighted by molar-refractivity contribution is -0.144. The van der Waals surface area contributed by atoms with Gasteiger partial charge in [-0.2, -0.15) is 0 Å². The molecule has 1 aromatic rings. The van der Waals surface area contributed by atoms with Crippen LogP contribution in [0.5, 0.6) is 5.75 Å². The van der Waals surface area contributed by atoms with Gasteiger partial charge in [0.25, 0.3) is 0 Å². The predicted molar refractivity (Wildman–Crippen MR) is 106 cm³/mol.